The minimum absolute atomic E-state index is 0.0174. The van der Waals surface area contributed by atoms with Crippen molar-refractivity contribution in [2.75, 3.05) is 13.2 Å². The molecule has 0 bridgehead atoms. The second kappa shape index (κ2) is 72.1. The number of ether oxygens (including phenoxy) is 1. The summed E-state index contributed by atoms with van der Waals surface area (Å²) in [5.74, 6) is -0.0104. The van der Waals surface area contributed by atoms with E-state index in [1.54, 1.807) is 0 Å². The Morgan fingerprint density at radius 2 is 0.573 bits per heavy atom. The summed E-state index contributed by atoms with van der Waals surface area (Å²) in [4.78, 5) is 24.7. The summed E-state index contributed by atoms with van der Waals surface area (Å²) in [5, 5.41) is 23.4. The van der Waals surface area contributed by atoms with Crippen molar-refractivity contribution in [3.05, 3.63) is 12.2 Å². The Hall–Kier alpha value is -1.40. The third-order valence-corrected chi connectivity index (χ3v) is 18.1. The summed E-state index contributed by atoms with van der Waals surface area (Å²) in [5.41, 5.74) is 0. The summed E-state index contributed by atoms with van der Waals surface area (Å²) in [6.07, 6.45) is 89.9. The Morgan fingerprint density at radius 3 is 0.866 bits per heavy atom. The molecular formula is C76H149NO5. The fourth-order valence-electron chi connectivity index (χ4n) is 12.3. The maximum absolute atomic E-state index is 12.6. The topological polar surface area (TPSA) is 95.9 Å². The Balaban J connectivity index is 3.34. The molecule has 0 rings (SSSR count). The van der Waals surface area contributed by atoms with E-state index < -0.39 is 12.1 Å². The molecule has 0 aromatic carbocycles. The first kappa shape index (κ1) is 80.6. The molecule has 6 heteroatoms. The molecule has 1 amide bonds. The zero-order valence-corrected chi connectivity index (χ0v) is 56.0. The normalized spacial score (nSPS) is 12.5. The number of carbonyl (C=O) groups is 2. The van der Waals surface area contributed by atoms with E-state index in [0.29, 0.717) is 25.9 Å². The van der Waals surface area contributed by atoms with Crippen LogP contribution in [-0.2, 0) is 14.3 Å². The first-order valence-corrected chi connectivity index (χ1v) is 37.9. The molecule has 0 aromatic heterocycles. The first-order chi connectivity index (χ1) is 40.5. The van der Waals surface area contributed by atoms with Crippen LogP contribution in [0.2, 0.25) is 0 Å². The quantitative estimate of drug-likeness (QED) is 0.0320. The van der Waals surface area contributed by atoms with Gasteiger partial charge in [0, 0.05) is 12.8 Å². The van der Waals surface area contributed by atoms with Gasteiger partial charge in [-0.2, -0.15) is 0 Å². The van der Waals surface area contributed by atoms with Gasteiger partial charge in [0.05, 0.1) is 25.4 Å². The third-order valence-electron chi connectivity index (χ3n) is 18.1. The molecule has 0 aliphatic carbocycles. The van der Waals surface area contributed by atoms with Crippen molar-refractivity contribution in [3.63, 3.8) is 0 Å². The van der Waals surface area contributed by atoms with Gasteiger partial charge in [0.2, 0.25) is 5.91 Å². The molecule has 0 fully saturated rings. The van der Waals surface area contributed by atoms with E-state index in [0.717, 1.165) is 38.5 Å². The minimum atomic E-state index is -0.664. The second-order valence-electron chi connectivity index (χ2n) is 26.3. The van der Waals surface area contributed by atoms with Gasteiger partial charge in [0.15, 0.2) is 0 Å². The van der Waals surface area contributed by atoms with Crippen molar-refractivity contribution in [1.29, 1.82) is 0 Å². The third kappa shape index (κ3) is 67.7. The van der Waals surface area contributed by atoms with E-state index in [2.05, 4.69) is 31.3 Å². The van der Waals surface area contributed by atoms with E-state index in [1.807, 2.05) is 0 Å². The summed E-state index contributed by atoms with van der Waals surface area (Å²) in [6.45, 7) is 5.00. The molecule has 3 N–H and O–H groups in total. The maximum Gasteiger partial charge on any atom is 0.305 e. The number of hydrogen-bond donors (Lipinski definition) is 3. The van der Waals surface area contributed by atoms with Crippen LogP contribution < -0.4 is 5.32 Å². The lowest BCUT2D eigenvalue weighted by atomic mass is 10.0. The van der Waals surface area contributed by atoms with Gasteiger partial charge in [0.1, 0.15) is 0 Å². The second-order valence-corrected chi connectivity index (χ2v) is 26.3. The first-order valence-electron chi connectivity index (χ1n) is 37.9. The molecular weight excluding hydrogens is 1010 g/mol. The van der Waals surface area contributed by atoms with Crippen molar-refractivity contribution in [2.24, 2.45) is 0 Å². The highest BCUT2D eigenvalue weighted by atomic mass is 16.5. The fraction of sp³-hybridized carbons (Fsp3) is 0.947. The van der Waals surface area contributed by atoms with Crippen LogP contribution in [0.4, 0.5) is 0 Å². The summed E-state index contributed by atoms with van der Waals surface area (Å²) in [7, 11) is 0. The van der Waals surface area contributed by atoms with Gasteiger partial charge in [-0.15, -0.1) is 0 Å². The lowest BCUT2D eigenvalue weighted by molar-refractivity contribution is -0.143. The Bertz CT molecular complexity index is 1240. The van der Waals surface area contributed by atoms with Crippen molar-refractivity contribution in [2.45, 2.75) is 450 Å². The number of aliphatic hydroxyl groups is 2. The molecule has 0 spiro atoms. The number of hydrogen-bond acceptors (Lipinski definition) is 5. The monoisotopic (exact) mass is 1160 g/mol. The molecule has 0 saturated carbocycles. The van der Waals surface area contributed by atoms with Crippen LogP contribution in [0.5, 0.6) is 0 Å². The van der Waals surface area contributed by atoms with Crippen LogP contribution >= 0.6 is 0 Å². The van der Waals surface area contributed by atoms with E-state index >= 15 is 0 Å². The maximum atomic E-state index is 12.6. The highest BCUT2D eigenvalue weighted by Crippen LogP contribution is 2.20. The van der Waals surface area contributed by atoms with Crippen molar-refractivity contribution in [3.8, 4) is 0 Å². The molecule has 0 heterocycles. The van der Waals surface area contributed by atoms with Gasteiger partial charge in [-0.25, -0.2) is 0 Å². The summed E-state index contributed by atoms with van der Waals surface area (Å²) < 4.78 is 5.51. The molecule has 2 unspecified atom stereocenters. The number of nitrogens with one attached hydrogen (secondary N) is 1. The number of esters is 1. The highest BCUT2D eigenvalue weighted by Gasteiger charge is 2.20. The van der Waals surface area contributed by atoms with Crippen molar-refractivity contribution in [1.82, 2.24) is 5.32 Å². The van der Waals surface area contributed by atoms with Crippen LogP contribution in [0.25, 0.3) is 0 Å². The van der Waals surface area contributed by atoms with E-state index in [1.165, 1.54) is 366 Å². The number of amides is 1. The number of unbranched alkanes of at least 4 members (excludes halogenated alkanes) is 59. The lowest BCUT2D eigenvalue weighted by Gasteiger charge is -2.22. The van der Waals surface area contributed by atoms with Crippen LogP contribution in [-0.4, -0.2) is 47.4 Å². The SMILES string of the molecule is CCCCCCCC/C=C\CCCCCCCCCCCC(=O)OCCCCCCCCCCCCCCCCCCCCCCCCCCCC(=O)NC(CO)C(O)CCCCCCCCCCCCCCCCCCCCCCC. The van der Waals surface area contributed by atoms with E-state index in [4.69, 9.17) is 4.74 Å². The van der Waals surface area contributed by atoms with Crippen molar-refractivity contribution < 1.29 is 24.5 Å². The zero-order valence-electron chi connectivity index (χ0n) is 56.0. The lowest BCUT2D eigenvalue weighted by Crippen LogP contribution is -2.45. The molecule has 0 saturated heterocycles. The minimum Gasteiger partial charge on any atom is -0.466 e. The zero-order chi connectivity index (χ0) is 59.2. The molecule has 2 atom stereocenters. The molecule has 82 heavy (non-hydrogen) atoms. The smallest absolute Gasteiger partial charge is 0.305 e. The van der Waals surface area contributed by atoms with Gasteiger partial charge in [0.25, 0.3) is 0 Å². The van der Waals surface area contributed by atoms with Gasteiger partial charge in [-0.1, -0.05) is 386 Å². The van der Waals surface area contributed by atoms with Gasteiger partial charge >= 0.3 is 5.97 Å². The standard InChI is InChI=1S/C76H149NO5/c1-3-5-7-9-11-13-15-17-19-21-23-29-33-36-40-44-48-52-56-60-64-68-74(79)73(72-78)77-75(80)69-65-61-57-53-49-45-41-37-34-30-27-25-24-26-28-31-35-39-43-47-51-55-59-63-67-71-82-76(81)70-66-62-58-54-50-46-42-38-32-22-20-18-16-14-12-10-8-6-4-2/h18,20,73-74,78-79H,3-17,19,21-72H2,1-2H3,(H,77,80)/b20-18-. The number of carbonyl (C=O) groups excluding carboxylic acids is 2. The number of aliphatic hydroxyl groups excluding tert-OH is 2. The summed E-state index contributed by atoms with van der Waals surface area (Å²) in [6, 6.07) is -0.541. The molecule has 0 aliphatic rings. The molecule has 488 valence electrons. The van der Waals surface area contributed by atoms with Crippen LogP contribution in [0, 0.1) is 0 Å². The Morgan fingerprint density at radius 1 is 0.329 bits per heavy atom. The molecule has 6 nitrogen and oxygen atoms in total. The average Bonchev–Trinajstić information content (AvgIpc) is 3.48. The molecule has 0 aromatic rings. The number of allylic oxidation sites excluding steroid dienone is 2. The largest absolute Gasteiger partial charge is 0.466 e. The van der Waals surface area contributed by atoms with Crippen LogP contribution in [0.15, 0.2) is 12.2 Å². The molecule has 0 radical (unpaired) electrons. The number of rotatable bonds is 72. The fourth-order valence-corrected chi connectivity index (χ4v) is 12.3. The van der Waals surface area contributed by atoms with Crippen LogP contribution in [0.1, 0.15) is 438 Å². The van der Waals surface area contributed by atoms with Gasteiger partial charge in [-0.05, 0) is 51.4 Å². The average molecular weight is 1160 g/mol. The highest BCUT2D eigenvalue weighted by molar-refractivity contribution is 5.76. The Kier molecular flexibility index (Phi) is 70.8. The van der Waals surface area contributed by atoms with E-state index in [9.17, 15) is 19.8 Å². The Labute approximate surface area is 514 Å². The molecule has 0 aliphatic heterocycles. The van der Waals surface area contributed by atoms with E-state index in [-0.39, 0.29) is 18.5 Å². The van der Waals surface area contributed by atoms with Crippen molar-refractivity contribution >= 4 is 11.9 Å². The van der Waals surface area contributed by atoms with Crippen LogP contribution in [0.3, 0.4) is 0 Å². The van der Waals surface area contributed by atoms with Gasteiger partial charge < -0.3 is 20.3 Å². The predicted molar refractivity (Wildman–Crippen MR) is 361 cm³/mol. The van der Waals surface area contributed by atoms with Gasteiger partial charge in [-0.3, -0.25) is 9.59 Å². The predicted octanol–water partition coefficient (Wildman–Crippen LogP) is 24.7. The summed E-state index contributed by atoms with van der Waals surface area (Å²) >= 11 is 0.